The van der Waals surface area contributed by atoms with Gasteiger partial charge >= 0.3 is 12.2 Å². The lowest BCUT2D eigenvalue weighted by Gasteiger charge is -2.36. The van der Waals surface area contributed by atoms with Crippen molar-refractivity contribution in [1.29, 1.82) is 0 Å². The molecule has 3 aliphatic heterocycles. The summed E-state index contributed by atoms with van der Waals surface area (Å²) in [5.74, 6) is -0.0749. The molecule has 0 radical (unpaired) electrons. The van der Waals surface area contributed by atoms with Crippen molar-refractivity contribution in [2.75, 3.05) is 25.0 Å². The zero-order chi connectivity index (χ0) is 29.9. The molecule has 4 atom stereocenters. The number of hydrogen-bond donors (Lipinski definition) is 5. The van der Waals surface area contributed by atoms with Gasteiger partial charge in [-0.3, -0.25) is 15.4 Å². The van der Waals surface area contributed by atoms with E-state index in [0.717, 1.165) is 5.56 Å². The quantitative estimate of drug-likeness (QED) is 0.312. The van der Waals surface area contributed by atoms with Gasteiger partial charge in [-0.05, 0) is 67.3 Å². The Hall–Kier alpha value is -3.27. The van der Waals surface area contributed by atoms with Crippen molar-refractivity contribution >= 4 is 27.8 Å². The standard InChI is InChI=1S/C27H31F3N6O5S/c28-27(29,30)25(10-11-25)18-3-6-22(31-14-18)33-20-8-12-36(15-21(20)37)42(40,41)19-4-1-16(2-5-19)17-7-9-26(32-13-17)23(38)34-24(39)35-26/h1-6,14,17,20-21,32,37H,7-13,15H2,(H,31,33)(H2,34,35,38,39)/t17?,20-,21+,26?/m1/s1. The van der Waals surface area contributed by atoms with E-state index in [0.29, 0.717) is 25.2 Å². The van der Waals surface area contributed by atoms with Crippen LogP contribution in [0.5, 0.6) is 0 Å². The highest BCUT2D eigenvalue weighted by Gasteiger charge is 2.64. The van der Waals surface area contributed by atoms with Crippen LogP contribution in [0.2, 0.25) is 0 Å². The summed E-state index contributed by atoms with van der Waals surface area (Å²) in [5, 5.41) is 21.7. The minimum Gasteiger partial charge on any atom is -0.390 e. The van der Waals surface area contributed by atoms with Gasteiger partial charge < -0.3 is 15.7 Å². The third-order valence-electron chi connectivity index (χ3n) is 8.94. The first-order valence-corrected chi connectivity index (χ1v) is 15.2. The zero-order valence-corrected chi connectivity index (χ0v) is 23.3. The molecule has 15 heteroatoms. The van der Waals surface area contributed by atoms with Crippen molar-refractivity contribution < 1.29 is 36.3 Å². The Bertz CT molecular complexity index is 1470. The van der Waals surface area contributed by atoms with Crippen LogP contribution in [0.25, 0.3) is 0 Å². The van der Waals surface area contributed by atoms with Crippen LogP contribution in [0.3, 0.4) is 0 Å². The first-order valence-electron chi connectivity index (χ1n) is 13.8. The molecular formula is C27H31F3N6O5S. The van der Waals surface area contributed by atoms with Gasteiger partial charge in [0.25, 0.3) is 5.91 Å². The Labute approximate surface area is 240 Å². The number of aliphatic hydroxyl groups excluding tert-OH is 1. The molecule has 6 rings (SSSR count). The number of urea groups is 1. The average Bonchev–Trinajstić information content (AvgIpc) is 3.73. The summed E-state index contributed by atoms with van der Waals surface area (Å²) in [5.41, 5.74) is -1.92. The molecule has 4 fully saturated rings. The molecular weight excluding hydrogens is 577 g/mol. The van der Waals surface area contributed by atoms with E-state index in [4.69, 9.17) is 0 Å². The molecule has 1 saturated carbocycles. The summed E-state index contributed by atoms with van der Waals surface area (Å²) in [6.07, 6.45) is -2.82. The first kappa shape index (κ1) is 28.8. The minimum atomic E-state index is -4.33. The number of carbonyl (C=O) groups is 2. The third-order valence-corrected chi connectivity index (χ3v) is 10.8. The number of carbonyl (C=O) groups excluding carboxylic acids is 2. The van der Waals surface area contributed by atoms with E-state index in [1.807, 2.05) is 0 Å². The number of nitrogens with one attached hydrogen (secondary N) is 4. The number of halogens is 3. The molecule has 4 aliphatic rings. The van der Waals surface area contributed by atoms with Gasteiger partial charge in [0.2, 0.25) is 10.0 Å². The van der Waals surface area contributed by atoms with Crippen molar-refractivity contribution in [3.8, 4) is 0 Å². The number of imide groups is 1. The van der Waals surface area contributed by atoms with Gasteiger partial charge in [-0.25, -0.2) is 18.2 Å². The van der Waals surface area contributed by atoms with Crippen LogP contribution in [0, 0.1) is 0 Å². The molecule has 2 aromatic rings. The van der Waals surface area contributed by atoms with Gasteiger partial charge in [-0.15, -0.1) is 0 Å². The molecule has 1 aromatic carbocycles. The average molecular weight is 609 g/mol. The smallest absolute Gasteiger partial charge is 0.390 e. The second-order valence-corrected chi connectivity index (χ2v) is 13.4. The van der Waals surface area contributed by atoms with Crippen LogP contribution in [0.15, 0.2) is 47.5 Å². The highest BCUT2D eigenvalue weighted by molar-refractivity contribution is 7.89. The van der Waals surface area contributed by atoms with Gasteiger partial charge in [-0.1, -0.05) is 18.2 Å². The largest absolute Gasteiger partial charge is 0.398 e. The minimum absolute atomic E-state index is 0.0206. The molecule has 3 saturated heterocycles. The maximum absolute atomic E-state index is 13.4. The summed E-state index contributed by atoms with van der Waals surface area (Å²) in [7, 11) is -3.89. The van der Waals surface area contributed by atoms with Gasteiger partial charge in [0.1, 0.15) is 5.82 Å². The lowest BCUT2D eigenvalue weighted by molar-refractivity contribution is -0.160. The van der Waals surface area contributed by atoms with Crippen molar-refractivity contribution in [1.82, 2.24) is 25.2 Å². The fourth-order valence-electron chi connectivity index (χ4n) is 6.12. The van der Waals surface area contributed by atoms with Crippen LogP contribution < -0.4 is 21.3 Å². The second-order valence-electron chi connectivity index (χ2n) is 11.5. The SMILES string of the molecule is O=C1NC(=O)C2(CCC(c3ccc(S(=O)(=O)N4CC[C@@H](Nc5ccc(C6(C(F)(F)F)CC6)cn5)[C@@H](O)C4)cc3)CN2)N1. The molecule has 1 aliphatic carbocycles. The van der Waals surface area contributed by atoms with Crippen molar-refractivity contribution in [3.05, 3.63) is 53.7 Å². The van der Waals surface area contributed by atoms with Crippen molar-refractivity contribution in [2.45, 2.75) is 72.3 Å². The predicted octanol–water partition coefficient (Wildman–Crippen LogP) is 1.91. The number of aromatic nitrogens is 1. The predicted molar refractivity (Wildman–Crippen MR) is 144 cm³/mol. The Morgan fingerprint density at radius 1 is 1.05 bits per heavy atom. The molecule has 0 bridgehead atoms. The molecule has 42 heavy (non-hydrogen) atoms. The van der Waals surface area contributed by atoms with Crippen LogP contribution in [-0.2, 0) is 20.2 Å². The Balaban J connectivity index is 1.05. The van der Waals surface area contributed by atoms with Gasteiger partial charge in [0, 0.05) is 25.8 Å². The molecule has 1 spiro atoms. The van der Waals surface area contributed by atoms with Crippen LogP contribution >= 0.6 is 0 Å². The number of rotatable bonds is 6. The van der Waals surface area contributed by atoms with Crippen molar-refractivity contribution in [3.63, 3.8) is 0 Å². The number of alkyl halides is 3. The normalized spacial score (nSPS) is 29.7. The lowest BCUT2D eigenvalue weighted by atomic mass is 9.86. The Morgan fingerprint density at radius 3 is 2.31 bits per heavy atom. The van der Waals surface area contributed by atoms with E-state index in [9.17, 15) is 36.3 Å². The lowest BCUT2D eigenvalue weighted by Crippen LogP contribution is -2.61. The Kier molecular flexibility index (Phi) is 6.98. The van der Waals surface area contributed by atoms with Gasteiger partial charge in [0.15, 0.2) is 5.66 Å². The number of amides is 3. The molecule has 1 aromatic heterocycles. The molecule has 4 heterocycles. The van der Waals surface area contributed by atoms with E-state index >= 15 is 0 Å². The summed E-state index contributed by atoms with van der Waals surface area (Å²) in [4.78, 5) is 27.9. The fourth-order valence-corrected chi connectivity index (χ4v) is 7.59. The van der Waals surface area contributed by atoms with Crippen LogP contribution in [-0.4, -0.2) is 78.4 Å². The number of β-amino-alcohol motifs (C(OH)–C–C–N with tert-alkyl or cyclic N) is 1. The summed E-state index contributed by atoms with van der Waals surface area (Å²) in [6, 6.07) is 8.30. The summed E-state index contributed by atoms with van der Waals surface area (Å²) in [6.45, 7) is 0.406. The van der Waals surface area contributed by atoms with Crippen molar-refractivity contribution in [2.24, 2.45) is 0 Å². The number of sulfonamides is 1. The van der Waals surface area contributed by atoms with E-state index in [1.165, 1.54) is 34.8 Å². The van der Waals surface area contributed by atoms with E-state index in [1.54, 1.807) is 12.1 Å². The number of piperidine rings is 2. The monoisotopic (exact) mass is 608 g/mol. The highest BCUT2D eigenvalue weighted by atomic mass is 32.2. The number of anilines is 1. The summed E-state index contributed by atoms with van der Waals surface area (Å²) >= 11 is 0. The topological polar surface area (TPSA) is 153 Å². The first-order chi connectivity index (χ1) is 19.8. The fraction of sp³-hybridized carbons (Fsp3) is 0.519. The maximum atomic E-state index is 13.4. The van der Waals surface area contributed by atoms with Crippen LogP contribution in [0.4, 0.5) is 23.8 Å². The van der Waals surface area contributed by atoms with E-state index < -0.39 is 51.4 Å². The summed E-state index contributed by atoms with van der Waals surface area (Å²) < 4.78 is 68.0. The maximum Gasteiger partial charge on any atom is 0.398 e. The molecule has 3 amide bonds. The Morgan fingerprint density at radius 2 is 1.79 bits per heavy atom. The molecule has 2 unspecified atom stereocenters. The zero-order valence-electron chi connectivity index (χ0n) is 22.4. The van der Waals surface area contributed by atoms with Crippen LogP contribution in [0.1, 0.15) is 49.1 Å². The number of benzene rings is 1. The molecule has 5 N–H and O–H groups in total. The highest BCUT2D eigenvalue weighted by Crippen LogP contribution is 2.58. The second kappa shape index (κ2) is 10.2. The number of hydrogen-bond acceptors (Lipinski definition) is 8. The van der Waals surface area contributed by atoms with Gasteiger partial charge in [0.05, 0.1) is 22.5 Å². The number of nitrogens with zero attached hydrogens (tertiary/aromatic N) is 2. The van der Waals surface area contributed by atoms with Gasteiger partial charge in [-0.2, -0.15) is 17.5 Å². The van der Waals surface area contributed by atoms with E-state index in [2.05, 4.69) is 26.3 Å². The third kappa shape index (κ3) is 5.01. The molecule has 226 valence electrons. The molecule has 11 nitrogen and oxygen atoms in total. The number of aliphatic hydroxyl groups is 1. The number of pyridine rings is 1. The van der Waals surface area contributed by atoms with E-state index in [-0.39, 0.29) is 48.7 Å².